The second kappa shape index (κ2) is 8.69. The summed E-state index contributed by atoms with van der Waals surface area (Å²) in [6.45, 7) is 3.93. The van der Waals surface area contributed by atoms with E-state index in [4.69, 9.17) is 16.3 Å². The molecule has 23 heavy (non-hydrogen) atoms. The number of aliphatic hydroxyl groups excluding tert-OH is 1. The largest absolute Gasteiger partial charge is 0.489 e. The summed E-state index contributed by atoms with van der Waals surface area (Å²) in [5.41, 5.74) is 1.82. The average molecular weight is 399 g/mol. The molecule has 0 radical (unpaired) electrons. The highest BCUT2D eigenvalue weighted by molar-refractivity contribution is 9.10. The second-order valence-electron chi connectivity index (χ2n) is 5.47. The summed E-state index contributed by atoms with van der Waals surface area (Å²) in [6, 6.07) is 13.2. The summed E-state index contributed by atoms with van der Waals surface area (Å²) in [5, 5.41) is 11.2. The summed E-state index contributed by atoms with van der Waals surface area (Å²) in [5.74, 6) is 0.695. The Balaban J connectivity index is 2.12. The van der Waals surface area contributed by atoms with Crippen molar-refractivity contribution in [2.75, 3.05) is 20.1 Å². The van der Waals surface area contributed by atoms with E-state index in [9.17, 15) is 5.11 Å². The molecule has 124 valence electrons. The van der Waals surface area contributed by atoms with Crippen molar-refractivity contribution in [2.45, 2.75) is 19.6 Å². The van der Waals surface area contributed by atoms with E-state index in [-0.39, 0.29) is 0 Å². The first-order chi connectivity index (χ1) is 11.0. The Hall–Kier alpha value is -1.07. The Morgan fingerprint density at radius 2 is 1.91 bits per heavy atom. The number of halogens is 2. The lowest BCUT2D eigenvalue weighted by atomic mass is 10.1. The topological polar surface area (TPSA) is 32.7 Å². The van der Waals surface area contributed by atoms with Gasteiger partial charge in [-0.05, 0) is 49.5 Å². The van der Waals surface area contributed by atoms with Gasteiger partial charge in [-0.25, -0.2) is 0 Å². The minimum absolute atomic E-state index is 0.433. The third kappa shape index (κ3) is 5.50. The molecule has 2 rings (SSSR count). The van der Waals surface area contributed by atoms with E-state index in [2.05, 4.69) is 27.8 Å². The molecule has 1 N–H and O–H groups in total. The quantitative estimate of drug-likeness (QED) is 0.736. The minimum Gasteiger partial charge on any atom is -0.489 e. The fraction of sp³-hybridized carbons (Fsp3) is 0.333. The Kier molecular flexibility index (Phi) is 6.90. The Labute approximate surface area is 151 Å². The van der Waals surface area contributed by atoms with E-state index >= 15 is 0 Å². The fourth-order valence-electron chi connectivity index (χ4n) is 2.18. The van der Waals surface area contributed by atoms with Gasteiger partial charge in [0.25, 0.3) is 0 Å². The van der Waals surface area contributed by atoms with E-state index in [1.165, 1.54) is 0 Å². The Morgan fingerprint density at radius 1 is 1.22 bits per heavy atom. The lowest BCUT2D eigenvalue weighted by molar-refractivity contribution is 0.125. The smallest absolute Gasteiger partial charge is 0.125 e. The molecule has 0 saturated carbocycles. The van der Waals surface area contributed by atoms with E-state index in [1.807, 2.05) is 49.5 Å². The maximum Gasteiger partial charge on any atom is 0.125 e. The van der Waals surface area contributed by atoms with Gasteiger partial charge in [0.15, 0.2) is 0 Å². The zero-order chi connectivity index (χ0) is 16.8. The van der Waals surface area contributed by atoms with Crippen LogP contribution in [0.25, 0.3) is 0 Å². The van der Waals surface area contributed by atoms with Gasteiger partial charge in [0.2, 0.25) is 0 Å². The molecule has 0 aliphatic rings. The monoisotopic (exact) mass is 397 g/mol. The molecule has 2 aromatic rings. The zero-order valence-electron chi connectivity index (χ0n) is 13.3. The van der Waals surface area contributed by atoms with Crippen LogP contribution >= 0.6 is 27.5 Å². The maximum atomic E-state index is 10.5. The number of benzene rings is 2. The van der Waals surface area contributed by atoms with E-state index in [0.717, 1.165) is 22.1 Å². The molecular weight excluding hydrogens is 378 g/mol. The molecule has 3 nitrogen and oxygen atoms in total. The number of likely N-dealkylation sites (N-methyl/N-ethyl adjacent to an activating group) is 1. The standard InChI is InChI=1S/C18H21BrClNO2/c1-3-21(2)11-17(22)16-10-14(19)6-9-18(16)23-12-13-4-7-15(20)8-5-13/h4-10,17,22H,3,11-12H2,1-2H3. The first kappa shape index (κ1) is 18.3. The van der Waals surface area contributed by atoms with Crippen LogP contribution in [0.4, 0.5) is 0 Å². The van der Waals surface area contributed by atoms with Crippen molar-refractivity contribution >= 4 is 27.5 Å². The maximum absolute atomic E-state index is 10.5. The van der Waals surface area contributed by atoms with E-state index in [0.29, 0.717) is 23.9 Å². The number of rotatable bonds is 7. The van der Waals surface area contributed by atoms with Crippen molar-refractivity contribution in [2.24, 2.45) is 0 Å². The SMILES string of the molecule is CCN(C)CC(O)c1cc(Br)ccc1OCc1ccc(Cl)cc1. The third-order valence-corrected chi connectivity index (χ3v) is 4.41. The van der Waals surface area contributed by atoms with Gasteiger partial charge in [-0.3, -0.25) is 0 Å². The molecule has 0 saturated heterocycles. The lowest BCUT2D eigenvalue weighted by Crippen LogP contribution is -2.24. The van der Waals surface area contributed by atoms with Gasteiger partial charge in [0.05, 0.1) is 6.10 Å². The van der Waals surface area contributed by atoms with Crippen molar-refractivity contribution in [3.63, 3.8) is 0 Å². The molecular formula is C18H21BrClNO2. The molecule has 1 atom stereocenters. The molecule has 5 heteroatoms. The molecule has 0 bridgehead atoms. The number of hydrogen-bond acceptors (Lipinski definition) is 3. The van der Waals surface area contributed by atoms with Crippen LogP contribution in [0.2, 0.25) is 5.02 Å². The van der Waals surface area contributed by atoms with Crippen LogP contribution in [0.1, 0.15) is 24.2 Å². The van der Waals surface area contributed by atoms with Gasteiger partial charge in [-0.1, -0.05) is 46.6 Å². The highest BCUT2D eigenvalue weighted by Gasteiger charge is 2.16. The normalized spacial score (nSPS) is 12.4. The van der Waals surface area contributed by atoms with Gasteiger partial charge in [-0.2, -0.15) is 0 Å². The number of hydrogen-bond donors (Lipinski definition) is 1. The highest BCUT2D eigenvalue weighted by atomic mass is 79.9. The molecule has 1 unspecified atom stereocenters. The molecule has 2 aromatic carbocycles. The fourth-order valence-corrected chi connectivity index (χ4v) is 2.68. The Bertz CT molecular complexity index is 633. The first-order valence-electron chi connectivity index (χ1n) is 7.53. The van der Waals surface area contributed by atoms with Crippen LogP contribution < -0.4 is 4.74 Å². The van der Waals surface area contributed by atoms with Crippen molar-refractivity contribution in [3.05, 3.63) is 63.1 Å². The third-order valence-electron chi connectivity index (χ3n) is 3.66. The van der Waals surface area contributed by atoms with Gasteiger partial charge in [-0.15, -0.1) is 0 Å². The predicted molar refractivity (Wildman–Crippen MR) is 98.1 cm³/mol. The highest BCUT2D eigenvalue weighted by Crippen LogP contribution is 2.30. The summed E-state index contributed by atoms with van der Waals surface area (Å²) >= 11 is 9.35. The summed E-state index contributed by atoms with van der Waals surface area (Å²) in [6.07, 6.45) is -0.599. The molecule has 0 aliphatic heterocycles. The predicted octanol–water partition coefficient (Wildman–Crippen LogP) is 4.67. The van der Waals surface area contributed by atoms with E-state index in [1.54, 1.807) is 0 Å². The van der Waals surface area contributed by atoms with Crippen LogP contribution in [0.3, 0.4) is 0 Å². The summed E-state index contributed by atoms with van der Waals surface area (Å²) in [4.78, 5) is 2.06. The van der Waals surface area contributed by atoms with Crippen LogP contribution in [0.5, 0.6) is 5.75 Å². The Morgan fingerprint density at radius 3 is 2.57 bits per heavy atom. The van der Waals surface area contributed by atoms with Gasteiger partial charge in [0, 0.05) is 21.6 Å². The van der Waals surface area contributed by atoms with Crippen LogP contribution in [-0.4, -0.2) is 30.1 Å². The molecule has 0 fully saturated rings. The van der Waals surface area contributed by atoms with Crippen molar-refractivity contribution < 1.29 is 9.84 Å². The molecule has 0 spiro atoms. The van der Waals surface area contributed by atoms with Crippen molar-refractivity contribution in [1.29, 1.82) is 0 Å². The first-order valence-corrected chi connectivity index (χ1v) is 8.70. The van der Waals surface area contributed by atoms with Gasteiger partial charge >= 0.3 is 0 Å². The minimum atomic E-state index is -0.599. The zero-order valence-corrected chi connectivity index (χ0v) is 15.6. The van der Waals surface area contributed by atoms with E-state index < -0.39 is 6.10 Å². The van der Waals surface area contributed by atoms with Crippen molar-refractivity contribution in [3.8, 4) is 5.75 Å². The molecule has 0 aliphatic carbocycles. The number of nitrogens with zero attached hydrogens (tertiary/aromatic N) is 1. The van der Waals surface area contributed by atoms with Crippen LogP contribution in [-0.2, 0) is 6.61 Å². The molecule has 0 heterocycles. The lowest BCUT2D eigenvalue weighted by Gasteiger charge is -2.21. The summed E-state index contributed by atoms with van der Waals surface area (Å²) in [7, 11) is 1.98. The van der Waals surface area contributed by atoms with Crippen LogP contribution in [0.15, 0.2) is 46.9 Å². The second-order valence-corrected chi connectivity index (χ2v) is 6.82. The van der Waals surface area contributed by atoms with Gasteiger partial charge in [0.1, 0.15) is 12.4 Å². The average Bonchev–Trinajstić information content (AvgIpc) is 2.55. The van der Waals surface area contributed by atoms with Crippen molar-refractivity contribution in [1.82, 2.24) is 4.90 Å². The molecule has 0 amide bonds. The summed E-state index contributed by atoms with van der Waals surface area (Å²) < 4.78 is 6.83. The number of aliphatic hydroxyl groups is 1. The van der Waals surface area contributed by atoms with Crippen LogP contribution in [0, 0.1) is 0 Å². The number of ether oxygens (including phenoxy) is 1. The van der Waals surface area contributed by atoms with Gasteiger partial charge < -0.3 is 14.7 Å². The molecule has 0 aromatic heterocycles.